The maximum Gasteiger partial charge on any atom is 0.257 e. The first-order chi connectivity index (χ1) is 11.3. The summed E-state index contributed by atoms with van der Waals surface area (Å²) < 4.78 is 1.88. The van der Waals surface area contributed by atoms with Crippen LogP contribution in [0.5, 0.6) is 0 Å². The van der Waals surface area contributed by atoms with Gasteiger partial charge >= 0.3 is 0 Å². The molecule has 1 N–H and O–H groups in total. The van der Waals surface area contributed by atoms with Gasteiger partial charge in [0.05, 0.1) is 6.33 Å². The molecule has 0 radical (unpaired) electrons. The fraction of sp³-hybridized carbons (Fsp3) is 0.250. The number of carbonyl (C=O) groups is 1. The molecule has 0 unspecified atom stereocenters. The molecule has 0 aliphatic rings. The average molecular weight is 327 g/mol. The molecule has 0 saturated heterocycles. The number of carbonyl (C=O) groups excluding carboxylic acids is 1. The van der Waals surface area contributed by atoms with Gasteiger partial charge in [-0.3, -0.25) is 10.1 Å². The van der Waals surface area contributed by atoms with Crippen LogP contribution in [0.25, 0.3) is 5.69 Å². The molecule has 2 heterocycles. The van der Waals surface area contributed by atoms with Gasteiger partial charge in [-0.2, -0.15) is 0 Å². The molecule has 6 nitrogen and oxygen atoms in total. The van der Waals surface area contributed by atoms with Gasteiger partial charge in [0.25, 0.3) is 5.91 Å². The number of unbranched alkanes of at least 4 members (excludes halogenated alkanes) is 1. The Morgan fingerprint density at radius 1 is 1.26 bits per heavy atom. The van der Waals surface area contributed by atoms with Crippen molar-refractivity contribution >= 4 is 22.4 Å². The number of aryl methyl sites for hydroxylation is 1. The molecule has 118 valence electrons. The molecule has 23 heavy (non-hydrogen) atoms. The van der Waals surface area contributed by atoms with Gasteiger partial charge in [0.15, 0.2) is 0 Å². The van der Waals surface area contributed by atoms with E-state index in [9.17, 15) is 4.79 Å². The van der Waals surface area contributed by atoms with Crippen LogP contribution >= 0.6 is 11.3 Å². The normalized spacial score (nSPS) is 10.7. The van der Waals surface area contributed by atoms with Crippen molar-refractivity contribution in [1.82, 2.24) is 19.7 Å². The van der Waals surface area contributed by atoms with E-state index in [4.69, 9.17) is 0 Å². The van der Waals surface area contributed by atoms with E-state index >= 15 is 0 Å². The Kier molecular flexibility index (Phi) is 4.77. The first-order valence-corrected chi connectivity index (χ1v) is 8.30. The number of imidazole rings is 1. The van der Waals surface area contributed by atoms with Gasteiger partial charge in [0.1, 0.15) is 5.01 Å². The Labute approximate surface area is 138 Å². The molecule has 0 bridgehead atoms. The van der Waals surface area contributed by atoms with E-state index in [0.29, 0.717) is 10.7 Å². The molecule has 0 atom stereocenters. The second-order valence-electron chi connectivity index (χ2n) is 5.08. The largest absolute Gasteiger partial charge is 0.306 e. The first kappa shape index (κ1) is 15.4. The van der Waals surface area contributed by atoms with Crippen LogP contribution in [0, 0.1) is 0 Å². The molecular formula is C16H17N5OS. The number of nitrogens with zero attached hydrogens (tertiary/aromatic N) is 4. The van der Waals surface area contributed by atoms with Crippen LogP contribution in [-0.2, 0) is 6.42 Å². The van der Waals surface area contributed by atoms with E-state index in [2.05, 4.69) is 27.4 Å². The number of rotatable bonds is 6. The van der Waals surface area contributed by atoms with Gasteiger partial charge in [0, 0.05) is 30.1 Å². The predicted octanol–water partition coefficient (Wildman–Crippen LogP) is 3.32. The summed E-state index contributed by atoms with van der Waals surface area (Å²) in [5.74, 6) is -0.180. The third-order valence-corrected chi connectivity index (χ3v) is 4.26. The lowest BCUT2D eigenvalue weighted by atomic mass is 10.2. The van der Waals surface area contributed by atoms with E-state index in [-0.39, 0.29) is 5.91 Å². The van der Waals surface area contributed by atoms with Gasteiger partial charge in [0.2, 0.25) is 5.13 Å². The molecule has 1 amide bonds. The zero-order valence-corrected chi connectivity index (χ0v) is 13.6. The number of benzene rings is 1. The van der Waals surface area contributed by atoms with E-state index in [1.807, 2.05) is 22.9 Å². The summed E-state index contributed by atoms with van der Waals surface area (Å²) in [4.78, 5) is 16.2. The average Bonchev–Trinajstić information content (AvgIpc) is 3.25. The topological polar surface area (TPSA) is 72.7 Å². The van der Waals surface area contributed by atoms with Crippen LogP contribution in [-0.4, -0.2) is 25.7 Å². The monoisotopic (exact) mass is 327 g/mol. The summed E-state index contributed by atoms with van der Waals surface area (Å²) in [7, 11) is 0. The maximum absolute atomic E-state index is 12.2. The summed E-state index contributed by atoms with van der Waals surface area (Å²) >= 11 is 1.43. The molecule has 0 saturated carbocycles. The number of amides is 1. The lowest BCUT2D eigenvalue weighted by Crippen LogP contribution is -2.11. The van der Waals surface area contributed by atoms with Crippen molar-refractivity contribution in [2.45, 2.75) is 26.2 Å². The van der Waals surface area contributed by atoms with Crippen LogP contribution in [0.3, 0.4) is 0 Å². The van der Waals surface area contributed by atoms with Crippen molar-refractivity contribution in [3.05, 3.63) is 53.6 Å². The van der Waals surface area contributed by atoms with Crippen LogP contribution in [0.15, 0.2) is 43.0 Å². The van der Waals surface area contributed by atoms with Gasteiger partial charge in [-0.25, -0.2) is 4.98 Å². The van der Waals surface area contributed by atoms with Crippen molar-refractivity contribution in [3.63, 3.8) is 0 Å². The molecule has 0 aliphatic heterocycles. The quantitative estimate of drug-likeness (QED) is 0.754. The van der Waals surface area contributed by atoms with Crippen molar-refractivity contribution in [2.24, 2.45) is 0 Å². The number of hydrogen-bond donors (Lipinski definition) is 1. The molecule has 1 aromatic carbocycles. The van der Waals surface area contributed by atoms with Crippen LogP contribution in [0.1, 0.15) is 35.1 Å². The number of nitrogens with one attached hydrogen (secondary N) is 1. The Morgan fingerprint density at radius 2 is 2.09 bits per heavy atom. The Morgan fingerprint density at radius 3 is 2.78 bits per heavy atom. The second kappa shape index (κ2) is 7.15. The highest BCUT2D eigenvalue weighted by Crippen LogP contribution is 2.18. The first-order valence-electron chi connectivity index (χ1n) is 7.48. The molecule has 3 aromatic rings. The minimum absolute atomic E-state index is 0.180. The minimum atomic E-state index is -0.180. The number of hydrogen-bond acceptors (Lipinski definition) is 5. The van der Waals surface area contributed by atoms with Crippen LogP contribution < -0.4 is 5.32 Å². The molecule has 0 spiro atoms. The lowest BCUT2D eigenvalue weighted by Gasteiger charge is -2.04. The standard InChI is InChI=1S/C16H17N5OS/c1-2-3-4-14-19-20-16(23-14)18-15(22)12-5-7-13(8-6-12)21-10-9-17-11-21/h5-11H,2-4H2,1H3,(H,18,20,22). The van der Waals surface area contributed by atoms with Crippen LogP contribution in [0.2, 0.25) is 0 Å². The van der Waals surface area contributed by atoms with E-state index in [1.54, 1.807) is 24.7 Å². The fourth-order valence-electron chi connectivity index (χ4n) is 2.10. The molecule has 7 heteroatoms. The highest BCUT2D eigenvalue weighted by atomic mass is 32.1. The smallest absolute Gasteiger partial charge is 0.257 e. The minimum Gasteiger partial charge on any atom is -0.306 e. The second-order valence-corrected chi connectivity index (χ2v) is 6.14. The van der Waals surface area contributed by atoms with E-state index in [0.717, 1.165) is 30.0 Å². The molecule has 2 aromatic heterocycles. The Hall–Kier alpha value is -2.54. The maximum atomic E-state index is 12.2. The highest BCUT2D eigenvalue weighted by Gasteiger charge is 2.10. The molecule has 0 fully saturated rings. The Bertz CT molecular complexity index is 764. The molecular weight excluding hydrogens is 310 g/mol. The fourth-order valence-corrected chi connectivity index (χ4v) is 2.88. The van der Waals surface area contributed by atoms with Gasteiger partial charge in [-0.05, 0) is 30.7 Å². The SMILES string of the molecule is CCCCc1nnc(NC(=O)c2ccc(-n3ccnc3)cc2)s1. The third-order valence-electron chi connectivity index (χ3n) is 3.36. The van der Waals surface area contributed by atoms with Gasteiger partial charge < -0.3 is 4.57 Å². The van der Waals surface area contributed by atoms with Gasteiger partial charge in [-0.1, -0.05) is 24.7 Å². The summed E-state index contributed by atoms with van der Waals surface area (Å²) in [5.41, 5.74) is 1.54. The summed E-state index contributed by atoms with van der Waals surface area (Å²) in [6, 6.07) is 7.32. The highest BCUT2D eigenvalue weighted by molar-refractivity contribution is 7.15. The zero-order valence-electron chi connectivity index (χ0n) is 12.8. The van der Waals surface area contributed by atoms with Gasteiger partial charge in [-0.15, -0.1) is 10.2 Å². The molecule has 3 rings (SSSR count). The number of anilines is 1. The summed E-state index contributed by atoms with van der Waals surface area (Å²) in [5, 5.41) is 12.4. The summed E-state index contributed by atoms with van der Waals surface area (Å²) in [6.45, 7) is 2.14. The Balaban J connectivity index is 1.65. The van der Waals surface area contributed by atoms with E-state index in [1.165, 1.54) is 11.3 Å². The predicted molar refractivity (Wildman–Crippen MR) is 90.0 cm³/mol. The van der Waals surface area contributed by atoms with Crippen molar-refractivity contribution in [2.75, 3.05) is 5.32 Å². The third kappa shape index (κ3) is 3.81. The van der Waals surface area contributed by atoms with Crippen LogP contribution in [0.4, 0.5) is 5.13 Å². The van der Waals surface area contributed by atoms with Crippen molar-refractivity contribution in [3.8, 4) is 5.69 Å². The van der Waals surface area contributed by atoms with Crippen molar-refractivity contribution in [1.29, 1.82) is 0 Å². The van der Waals surface area contributed by atoms with Crippen molar-refractivity contribution < 1.29 is 4.79 Å². The lowest BCUT2D eigenvalue weighted by molar-refractivity contribution is 0.102. The molecule has 0 aliphatic carbocycles. The summed E-state index contributed by atoms with van der Waals surface area (Å²) in [6.07, 6.45) is 8.39. The number of aromatic nitrogens is 4. The zero-order chi connectivity index (χ0) is 16.1. The van der Waals surface area contributed by atoms with E-state index < -0.39 is 0 Å².